The third-order valence-corrected chi connectivity index (χ3v) is 3.38. The summed E-state index contributed by atoms with van der Waals surface area (Å²) in [6.45, 7) is 0. The first kappa shape index (κ1) is 13.1. The van der Waals surface area contributed by atoms with Gasteiger partial charge in [0.1, 0.15) is 6.10 Å². The summed E-state index contributed by atoms with van der Waals surface area (Å²) in [6.07, 6.45) is 2.23. The summed E-state index contributed by atoms with van der Waals surface area (Å²) in [6, 6.07) is 4.39. The molecule has 1 aromatic carbocycles. The molecule has 0 aliphatic heterocycles. The first-order chi connectivity index (χ1) is 8.59. The van der Waals surface area contributed by atoms with Crippen LogP contribution in [0, 0.1) is 10.1 Å². The Bertz CT molecular complexity index is 452. The summed E-state index contributed by atoms with van der Waals surface area (Å²) in [5.74, 6) is 0.0510. The quantitative estimate of drug-likeness (QED) is 0.678. The largest absolute Gasteiger partial charge is 0.480 e. The van der Waals surface area contributed by atoms with Gasteiger partial charge >= 0.3 is 5.69 Å². The molecule has 0 radical (unpaired) electrons. The van der Waals surface area contributed by atoms with Gasteiger partial charge in [0.15, 0.2) is 0 Å². The van der Waals surface area contributed by atoms with Crippen LogP contribution in [0.2, 0.25) is 5.02 Å². The number of nitro groups is 1. The number of hydrogen-bond acceptors (Lipinski definition) is 4. The van der Waals surface area contributed by atoms with Crippen LogP contribution >= 0.6 is 11.6 Å². The standard InChI is InChI=1S/C12H14ClNO4/c13-8-4-3-5-9(14(16)17)12(8)18-11-7-2-1-6-10(11)15/h3-5,10-11,15H,1-2,6-7H2/t10-,11-/m0/s1. The molecule has 0 saturated heterocycles. The molecule has 18 heavy (non-hydrogen) atoms. The van der Waals surface area contributed by atoms with E-state index in [1.54, 1.807) is 6.07 Å². The summed E-state index contributed by atoms with van der Waals surface area (Å²) < 4.78 is 5.57. The van der Waals surface area contributed by atoms with Gasteiger partial charge in [-0.1, -0.05) is 24.1 Å². The van der Waals surface area contributed by atoms with Crippen LogP contribution in [-0.2, 0) is 0 Å². The normalized spacial score (nSPS) is 23.7. The molecule has 1 aromatic rings. The topological polar surface area (TPSA) is 72.6 Å². The average molecular weight is 272 g/mol. The summed E-state index contributed by atoms with van der Waals surface area (Å²) >= 11 is 5.93. The van der Waals surface area contributed by atoms with Gasteiger partial charge in [-0.05, 0) is 25.3 Å². The van der Waals surface area contributed by atoms with Gasteiger partial charge in [0.25, 0.3) is 0 Å². The highest BCUT2D eigenvalue weighted by Gasteiger charge is 2.28. The van der Waals surface area contributed by atoms with Crippen molar-refractivity contribution in [3.05, 3.63) is 33.3 Å². The predicted octanol–water partition coefficient (Wildman–Crippen LogP) is 2.93. The lowest BCUT2D eigenvalue weighted by atomic mass is 9.95. The van der Waals surface area contributed by atoms with Crippen LogP contribution in [0.25, 0.3) is 0 Å². The lowest BCUT2D eigenvalue weighted by Crippen LogP contribution is -2.34. The number of ether oxygens (including phenoxy) is 1. The van der Waals surface area contributed by atoms with Crippen LogP contribution < -0.4 is 4.74 Å². The van der Waals surface area contributed by atoms with Crippen LogP contribution in [0.5, 0.6) is 5.75 Å². The lowest BCUT2D eigenvalue weighted by molar-refractivity contribution is -0.386. The molecule has 0 bridgehead atoms. The van der Waals surface area contributed by atoms with Crippen LogP contribution in [0.1, 0.15) is 25.7 Å². The maximum Gasteiger partial charge on any atom is 0.312 e. The van der Waals surface area contributed by atoms with E-state index in [0.717, 1.165) is 12.8 Å². The summed E-state index contributed by atoms with van der Waals surface area (Å²) in [4.78, 5) is 10.4. The maximum absolute atomic E-state index is 10.9. The Kier molecular flexibility index (Phi) is 4.04. The summed E-state index contributed by atoms with van der Waals surface area (Å²) in [7, 11) is 0. The molecule has 2 rings (SSSR count). The second-order valence-electron chi connectivity index (χ2n) is 4.35. The number of nitrogens with zero attached hydrogens (tertiary/aromatic N) is 1. The Balaban J connectivity index is 2.24. The number of para-hydroxylation sites is 1. The fraction of sp³-hybridized carbons (Fsp3) is 0.500. The zero-order valence-electron chi connectivity index (χ0n) is 9.71. The van der Waals surface area contributed by atoms with E-state index in [4.69, 9.17) is 16.3 Å². The molecule has 1 aliphatic rings. The van der Waals surface area contributed by atoms with Gasteiger partial charge in [-0.3, -0.25) is 10.1 Å². The van der Waals surface area contributed by atoms with Crippen molar-refractivity contribution < 1.29 is 14.8 Å². The third kappa shape index (κ3) is 2.73. The smallest absolute Gasteiger partial charge is 0.312 e. The van der Waals surface area contributed by atoms with Gasteiger partial charge < -0.3 is 9.84 Å². The number of benzene rings is 1. The van der Waals surface area contributed by atoms with E-state index in [9.17, 15) is 15.2 Å². The van der Waals surface area contributed by atoms with Crippen molar-refractivity contribution in [3.8, 4) is 5.75 Å². The van der Waals surface area contributed by atoms with Crippen molar-refractivity contribution in [2.75, 3.05) is 0 Å². The Morgan fingerprint density at radius 1 is 1.39 bits per heavy atom. The minimum Gasteiger partial charge on any atom is -0.480 e. The Morgan fingerprint density at radius 2 is 2.11 bits per heavy atom. The first-order valence-corrected chi connectivity index (χ1v) is 6.25. The highest BCUT2D eigenvalue weighted by Crippen LogP contribution is 2.36. The van der Waals surface area contributed by atoms with Gasteiger partial charge in [0, 0.05) is 6.07 Å². The Labute approximate surface area is 109 Å². The minimum absolute atomic E-state index is 0.0510. The highest BCUT2D eigenvalue weighted by atomic mass is 35.5. The van der Waals surface area contributed by atoms with Crippen molar-refractivity contribution >= 4 is 17.3 Å². The van der Waals surface area contributed by atoms with Crippen LogP contribution in [0.3, 0.4) is 0 Å². The fourth-order valence-corrected chi connectivity index (χ4v) is 2.34. The first-order valence-electron chi connectivity index (χ1n) is 5.87. The molecule has 5 nitrogen and oxygen atoms in total. The zero-order chi connectivity index (χ0) is 13.1. The van der Waals surface area contributed by atoms with Crippen LogP contribution in [0.4, 0.5) is 5.69 Å². The molecule has 6 heteroatoms. The van der Waals surface area contributed by atoms with Crippen molar-refractivity contribution in [1.82, 2.24) is 0 Å². The minimum atomic E-state index is -0.588. The van der Waals surface area contributed by atoms with Crippen molar-refractivity contribution in [2.45, 2.75) is 37.9 Å². The average Bonchev–Trinajstić information content (AvgIpc) is 2.34. The van der Waals surface area contributed by atoms with E-state index in [1.807, 2.05) is 0 Å². The Morgan fingerprint density at radius 3 is 2.78 bits per heavy atom. The fourth-order valence-electron chi connectivity index (χ4n) is 2.12. The highest BCUT2D eigenvalue weighted by molar-refractivity contribution is 6.32. The molecule has 0 spiro atoms. The number of nitro benzene ring substituents is 1. The second-order valence-corrected chi connectivity index (χ2v) is 4.76. The molecule has 2 atom stereocenters. The molecule has 1 aliphatic carbocycles. The molecular formula is C12H14ClNO4. The van der Waals surface area contributed by atoms with Crippen molar-refractivity contribution in [2.24, 2.45) is 0 Å². The van der Waals surface area contributed by atoms with Gasteiger partial charge in [-0.25, -0.2) is 0 Å². The lowest BCUT2D eigenvalue weighted by Gasteiger charge is -2.28. The molecule has 98 valence electrons. The van der Waals surface area contributed by atoms with Crippen molar-refractivity contribution in [3.63, 3.8) is 0 Å². The molecule has 0 aromatic heterocycles. The van der Waals surface area contributed by atoms with E-state index in [1.165, 1.54) is 12.1 Å². The van der Waals surface area contributed by atoms with Crippen LogP contribution in [0.15, 0.2) is 18.2 Å². The molecule has 1 saturated carbocycles. The number of rotatable bonds is 3. The van der Waals surface area contributed by atoms with E-state index in [2.05, 4.69) is 0 Å². The zero-order valence-corrected chi connectivity index (χ0v) is 10.5. The Hall–Kier alpha value is -1.33. The molecule has 1 fully saturated rings. The molecule has 0 amide bonds. The predicted molar refractivity (Wildman–Crippen MR) is 67.0 cm³/mol. The molecule has 0 heterocycles. The van der Waals surface area contributed by atoms with E-state index in [-0.39, 0.29) is 16.5 Å². The monoisotopic (exact) mass is 271 g/mol. The number of hydrogen-bond donors (Lipinski definition) is 1. The van der Waals surface area contributed by atoms with E-state index < -0.39 is 17.1 Å². The number of halogens is 1. The number of aliphatic hydroxyl groups is 1. The summed E-state index contributed by atoms with van der Waals surface area (Å²) in [5, 5.41) is 20.9. The van der Waals surface area contributed by atoms with Crippen molar-refractivity contribution in [1.29, 1.82) is 0 Å². The van der Waals surface area contributed by atoms with Gasteiger partial charge in [0.05, 0.1) is 16.0 Å². The number of aliphatic hydroxyl groups excluding tert-OH is 1. The summed E-state index contributed by atoms with van der Waals surface area (Å²) in [5.41, 5.74) is -0.166. The molecule has 0 unspecified atom stereocenters. The van der Waals surface area contributed by atoms with Gasteiger partial charge in [0.2, 0.25) is 5.75 Å². The maximum atomic E-state index is 10.9. The van der Waals surface area contributed by atoms with Gasteiger partial charge in [-0.15, -0.1) is 0 Å². The SMILES string of the molecule is O=[N+]([O-])c1cccc(Cl)c1O[C@H]1CCCC[C@@H]1O. The van der Waals surface area contributed by atoms with E-state index >= 15 is 0 Å². The van der Waals surface area contributed by atoms with Crippen LogP contribution in [-0.4, -0.2) is 22.2 Å². The van der Waals surface area contributed by atoms with Gasteiger partial charge in [-0.2, -0.15) is 0 Å². The third-order valence-electron chi connectivity index (χ3n) is 3.08. The second kappa shape index (κ2) is 5.54. The molecular weight excluding hydrogens is 258 g/mol. The molecule has 1 N–H and O–H groups in total. The van der Waals surface area contributed by atoms with E-state index in [0.29, 0.717) is 12.8 Å².